The van der Waals surface area contributed by atoms with E-state index in [9.17, 15) is 13.0 Å². The largest absolute Gasteiger partial charge is 0.493 e. The molecule has 0 radical (unpaired) electrons. The predicted octanol–water partition coefficient (Wildman–Crippen LogP) is 4.95. The smallest absolute Gasteiger partial charge is 0.227 e. The minimum atomic E-state index is -2.75. The zero-order valence-electron chi connectivity index (χ0n) is 18.4. The van der Waals surface area contributed by atoms with Crippen molar-refractivity contribution in [3.05, 3.63) is 59.8 Å². The van der Waals surface area contributed by atoms with Gasteiger partial charge in [-0.3, -0.25) is 4.78 Å². The van der Waals surface area contributed by atoms with Crippen LogP contribution in [-0.4, -0.2) is 40.6 Å². The Morgan fingerprint density at radius 3 is 2.82 bits per heavy atom. The van der Waals surface area contributed by atoms with E-state index in [-0.39, 0.29) is 23.1 Å². The molecule has 0 aliphatic carbocycles. The lowest BCUT2D eigenvalue weighted by atomic mass is 10.1. The summed E-state index contributed by atoms with van der Waals surface area (Å²) in [5.74, 6) is -0.672. The van der Waals surface area contributed by atoms with E-state index in [1.165, 1.54) is 24.5 Å². The van der Waals surface area contributed by atoms with Crippen LogP contribution in [0.3, 0.4) is 0 Å². The van der Waals surface area contributed by atoms with Crippen LogP contribution < -0.4 is 15.0 Å². The van der Waals surface area contributed by atoms with Crippen molar-refractivity contribution < 1.29 is 17.7 Å². The van der Waals surface area contributed by atoms with Gasteiger partial charge in [-0.1, -0.05) is 0 Å². The van der Waals surface area contributed by atoms with Gasteiger partial charge in [-0.25, -0.2) is 23.0 Å². The summed E-state index contributed by atoms with van der Waals surface area (Å²) >= 11 is 0. The third-order valence-corrected chi connectivity index (χ3v) is 6.09. The number of rotatable bonds is 2. The minimum absolute atomic E-state index is 0.00592. The van der Waals surface area contributed by atoms with Gasteiger partial charge in [0.1, 0.15) is 17.3 Å². The summed E-state index contributed by atoms with van der Waals surface area (Å²) in [5.41, 5.74) is 2.57. The van der Waals surface area contributed by atoms with Gasteiger partial charge in [-0.15, -0.1) is 0 Å². The van der Waals surface area contributed by atoms with Crippen molar-refractivity contribution in [3.8, 4) is 17.0 Å². The highest BCUT2D eigenvalue weighted by molar-refractivity contribution is 7.90. The fourth-order valence-electron chi connectivity index (χ4n) is 3.69. The first-order valence-corrected chi connectivity index (χ1v) is 12.6. The van der Waals surface area contributed by atoms with E-state index in [1.54, 1.807) is 6.07 Å². The molecule has 2 heterocycles. The molecule has 33 heavy (non-hydrogen) atoms. The number of nitrogens with one attached hydrogen (secondary N) is 2. The Labute approximate surface area is 191 Å². The monoisotopic (exact) mass is 473 g/mol. The van der Waals surface area contributed by atoms with Crippen LogP contribution in [0, 0.1) is 16.4 Å². The van der Waals surface area contributed by atoms with E-state index in [1.807, 2.05) is 19.2 Å². The van der Waals surface area contributed by atoms with Crippen LogP contribution in [0.4, 0.5) is 26.1 Å². The molecule has 174 valence electrons. The van der Waals surface area contributed by atoms with Crippen LogP contribution in [-0.2, 0) is 15.5 Å². The SMILES string of the molecule is CN1CCCCOc2cc(F)ccc2-c2nc(ncc2F)Nc2cc(CS(C)(=N)=O)cc1c2. The Kier molecular flexibility index (Phi) is 6.46. The van der Waals surface area contributed by atoms with E-state index >= 15 is 0 Å². The number of anilines is 3. The van der Waals surface area contributed by atoms with Crippen molar-refractivity contribution in [2.24, 2.45) is 0 Å². The van der Waals surface area contributed by atoms with E-state index in [0.29, 0.717) is 24.3 Å². The van der Waals surface area contributed by atoms with Crippen molar-refractivity contribution in [1.82, 2.24) is 9.97 Å². The van der Waals surface area contributed by atoms with Crippen molar-refractivity contribution in [2.75, 3.05) is 36.7 Å². The summed E-state index contributed by atoms with van der Waals surface area (Å²) < 4.78 is 54.3. The topological polar surface area (TPSA) is 91.2 Å². The van der Waals surface area contributed by atoms with Crippen molar-refractivity contribution in [1.29, 1.82) is 4.78 Å². The fourth-order valence-corrected chi connectivity index (χ4v) is 4.49. The molecular formula is C23H25F2N5O2S. The molecule has 7 nitrogen and oxygen atoms in total. The average Bonchev–Trinajstić information content (AvgIpc) is 2.73. The number of hydrogen-bond acceptors (Lipinski definition) is 7. The molecule has 4 rings (SSSR count). The van der Waals surface area contributed by atoms with Crippen LogP contribution in [0.15, 0.2) is 42.6 Å². The normalized spacial score (nSPS) is 15.8. The molecule has 2 N–H and O–H groups in total. The van der Waals surface area contributed by atoms with Gasteiger partial charge in [0.05, 0.1) is 18.6 Å². The van der Waals surface area contributed by atoms with Gasteiger partial charge in [-0.05, 0) is 48.7 Å². The van der Waals surface area contributed by atoms with Crippen molar-refractivity contribution in [2.45, 2.75) is 18.6 Å². The van der Waals surface area contributed by atoms with Crippen LogP contribution >= 0.6 is 0 Å². The first-order chi connectivity index (χ1) is 15.7. The molecule has 2 aromatic carbocycles. The number of benzene rings is 2. The highest BCUT2D eigenvalue weighted by atomic mass is 32.2. The molecule has 10 heteroatoms. The van der Waals surface area contributed by atoms with Crippen LogP contribution in [0.25, 0.3) is 11.3 Å². The standard InChI is InChI=1S/C23H25F2N5O2S/c1-30-7-3-4-8-32-21-11-16(24)5-6-19(21)22-20(25)13-27-23(29-22)28-17-9-15(10-18(30)12-17)14-33(2,26)31/h5-6,9-13,26H,3-4,7-8,14H2,1-2H3,(H,27,28,29). The average molecular weight is 474 g/mol. The highest BCUT2D eigenvalue weighted by Gasteiger charge is 2.17. The summed E-state index contributed by atoms with van der Waals surface area (Å²) in [6, 6.07) is 9.50. The van der Waals surface area contributed by atoms with Crippen molar-refractivity contribution >= 4 is 27.1 Å². The lowest BCUT2D eigenvalue weighted by Gasteiger charge is -2.21. The van der Waals surface area contributed by atoms with Gasteiger partial charge in [-0.2, -0.15) is 0 Å². The van der Waals surface area contributed by atoms with E-state index in [0.717, 1.165) is 30.4 Å². The number of fused-ring (bicyclic) bond motifs is 6. The summed E-state index contributed by atoms with van der Waals surface area (Å²) in [7, 11) is -0.802. The summed E-state index contributed by atoms with van der Waals surface area (Å²) in [6.45, 7) is 1.06. The Morgan fingerprint density at radius 1 is 1.21 bits per heavy atom. The zero-order chi connectivity index (χ0) is 23.6. The maximum Gasteiger partial charge on any atom is 0.227 e. The fraction of sp³-hybridized carbons (Fsp3) is 0.304. The zero-order valence-corrected chi connectivity index (χ0v) is 19.2. The van der Waals surface area contributed by atoms with Gasteiger partial charge in [0, 0.05) is 52.6 Å². The van der Waals surface area contributed by atoms with Gasteiger partial charge in [0.15, 0.2) is 5.82 Å². The van der Waals surface area contributed by atoms with Gasteiger partial charge in [0.2, 0.25) is 5.95 Å². The second-order valence-corrected chi connectivity index (χ2v) is 10.5. The molecule has 1 aliphatic heterocycles. The third kappa shape index (κ3) is 5.75. The maximum atomic E-state index is 14.7. The minimum Gasteiger partial charge on any atom is -0.493 e. The van der Waals surface area contributed by atoms with Gasteiger partial charge in [0.25, 0.3) is 0 Å². The van der Waals surface area contributed by atoms with E-state index in [2.05, 4.69) is 20.2 Å². The quantitative estimate of drug-likeness (QED) is 0.547. The van der Waals surface area contributed by atoms with Gasteiger partial charge >= 0.3 is 0 Å². The summed E-state index contributed by atoms with van der Waals surface area (Å²) in [6.07, 6.45) is 3.97. The first-order valence-electron chi connectivity index (χ1n) is 10.5. The molecule has 0 saturated heterocycles. The number of hydrogen-bond donors (Lipinski definition) is 2. The van der Waals surface area contributed by atoms with Crippen LogP contribution in [0.2, 0.25) is 0 Å². The molecule has 0 saturated carbocycles. The molecule has 0 spiro atoms. The predicted molar refractivity (Wildman–Crippen MR) is 126 cm³/mol. The second kappa shape index (κ2) is 9.30. The number of aromatic nitrogens is 2. The van der Waals surface area contributed by atoms with Gasteiger partial charge < -0.3 is 15.0 Å². The summed E-state index contributed by atoms with van der Waals surface area (Å²) in [5, 5.41) is 3.08. The molecule has 0 fully saturated rings. The van der Waals surface area contributed by atoms with E-state index < -0.39 is 21.4 Å². The lowest BCUT2D eigenvalue weighted by Crippen LogP contribution is -2.19. The Hall–Kier alpha value is -3.27. The first kappa shape index (κ1) is 22.9. The van der Waals surface area contributed by atoms with Crippen LogP contribution in [0.1, 0.15) is 18.4 Å². The third-order valence-electron chi connectivity index (χ3n) is 5.20. The molecule has 4 bridgehead atoms. The number of nitrogens with zero attached hydrogens (tertiary/aromatic N) is 3. The Morgan fingerprint density at radius 2 is 2.03 bits per heavy atom. The number of halogens is 2. The molecule has 1 unspecified atom stereocenters. The van der Waals surface area contributed by atoms with E-state index in [4.69, 9.17) is 9.52 Å². The second-order valence-electron chi connectivity index (χ2n) is 8.17. The Balaban J connectivity index is 1.81. The van der Waals surface area contributed by atoms with Crippen molar-refractivity contribution in [3.63, 3.8) is 0 Å². The molecule has 3 aromatic rings. The van der Waals surface area contributed by atoms with Crippen LogP contribution in [0.5, 0.6) is 5.75 Å². The molecular weight excluding hydrogens is 448 g/mol. The molecule has 1 atom stereocenters. The maximum absolute atomic E-state index is 14.7. The highest BCUT2D eigenvalue weighted by Crippen LogP contribution is 2.33. The molecule has 0 amide bonds. The number of ether oxygens (including phenoxy) is 1. The lowest BCUT2D eigenvalue weighted by molar-refractivity contribution is 0.307. The molecule has 1 aromatic heterocycles. The summed E-state index contributed by atoms with van der Waals surface area (Å²) in [4.78, 5) is 10.4. The molecule has 1 aliphatic rings. The Bertz CT molecular complexity index is 1280.